The SMILES string of the molecule is CC(C)n1c(C2CCCN(C(=O)c3ccc([N+](=O)[O-])cc3)C2)nn(C)c1=O. The van der Waals surface area contributed by atoms with Gasteiger partial charge in [0.05, 0.1) is 4.92 Å². The summed E-state index contributed by atoms with van der Waals surface area (Å²) in [6.07, 6.45) is 1.67. The maximum atomic E-state index is 12.8. The number of amides is 1. The molecule has 1 saturated heterocycles. The molecule has 0 saturated carbocycles. The second kappa shape index (κ2) is 7.34. The van der Waals surface area contributed by atoms with Crippen molar-refractivity contribution in [3.05, 3.63) is 56.3 Å². The van der Waals surface area contributed by atoms with Crippen LogP contribution in [-0.2, 0) is 7.05 Å². The van der Waals surface area contributed by atoms with Crippen LogP contribution >= 0.6 is 0 Å². The Bertz CT molecular complexity index is 913. The first-order chi connectivity index (χ1) is 12.8. The number of likely N-dealkylation sites (tertiary alicyclic amines) is 1. The Labute approximate surface area is 156 Å². The highest BCUT2D eigenvalue weighted by Gasteiger charge is 2.30. The molecule has 144 valence electrons. The van der Waals surface area contributed by atoms with Gasteiger partial charge in [-0.3, -0.25) is 19.5 Å². The number of carbonyl (C=O) groups excluding carboxylic acids is 1. The molecule has 0 radical (unpaired) electrons. The number of piperidine rings is 1. The Morgan fingerprint density at radius 1 is 1.30 bits per heavy atom. The predicted octanol–water partition coefficient (Wildman–Crippen LogP) is 2.09. The zero-order chi connectivity index (χ0) is 19.7. The summed E-state index contributed by atoms with van der Waals surface area (Å²) in [5.74, 6) is 0.528. The minimum absolute atomic E-state index is 0.0121. The zero-order valence-corrected chi connectivity index (χ0v) is 15.7. The monoisotopic (exact) mass is 373 g/mol. The van der Waals surface area contributed by atoms with E-state index >= 15 is 0 Å². The number of benzene rings is 1. The van der Waals surface area contributed by atoms with Gasteiger partial charge in [0.1, 0.15) is 5.82 Å². The number of hydrogen-bond donors (Lipinski definition) is 0. The van der Waals surface area contributed by atoms with Crippen molar-refractivity contribution in [1.29, 1.82) is 0 Å². The van der Waals surface area contributed by atoms with Crippen molar-refractivity contribution in [3.8, 4) is 0 Å². The molecule has 1 aromatic heterocycles. The molecule has 0 N–H and O–H groups in total. The first-order valence-corrected chi connectivity index (χ1v) is 8.98. The van der Waals surface area contributed by atoms with E-state index in [-0.39, 0.29) is 29.2 Å². The van der Waals surface area contributed by atoms with Crippen LogP contribution < -0.4 is 5.69 Å². The van der Waals surface area contributed by atoms with Crippen LogP contribution in [0.4, 0.5) is 5.69 Å². The number of hydrogen-bond acceptors (Lipinski definition) is 5. The Balaban J connectivity index is 1.82. The van der Waals surface area contributed by atoms with Crippen LogP contribution in [0.3, 0.4) is 0 Å². The summed E-state index contributed by atoms with van der Waals surface area (Å²) < 4.78 is 3.02. The number of carbonyl (C=O) groups is 1. The predicted molar refractivity (Wildman–Crippen MR) is 98.8 cm³/mol. The largest absolute Gasteiger partial charge is 0.345 e. The lowest BCUT2D eigenvalue weighted by molar-refractivity contribution is -0.384. The number of aryl methyl sites for hydroxylation is 1. The zero-order valence-electron chi connectivity index (χ0n) is 15.7. The maximum Gasteiger partial charge on any atom is 0.345 e. The van der Waals surface area contributed by atoms with Gasteiger partial charge >= 0.3 is 5.69 Å². The van der Waals surface area contributed by atoms with Gasteiger partial charge in [-0.15, -0.1) is 0 Å². The molecule has 9 nitrogen and oxygen atoms in total. The summed E-state index contributed by atoms with van der Waals surface area (Å²) in [6, 6.07) is 5.62. The van der Waals surface area contributed by atoms with Crippen LogP contribution in [0, 0.1) is 10.1 Å². The van der Waals surface area contributed by atoms with E-state index in [0.717, 1.165) is 12.8 Å². The smallest absolute Gasteiger partial charge is 0.338 e. The number of nitro groups is 1. The van der Waals surface area contributed by atoms with Gasteiger partial charge in [0, 0.05) is 49.8 Å². The van der Waals surface area contributed by atoms with Crippen LogP contribution in [0.2, 0.25) is 0 Å². The average molecular weight is 373 g/mol. The minimum Gasteiger partial charge on any atom is -0.338 e. The molecule has 1 fully saturated rings. The fourth-order valence-corrected chi connectivity index (χ4v) is 3.54. The van der Waals surface area contributed by atoms with Gasteiger partial charge in [0.25, 0.3) is 11.6 Å². The molecule has 1 unspecified atom stereocenters. The quantitative estimate of drug-likeness (QED) is 0.603. The second-order valence-electron chi connectivity index (χ2n) is 7.12. The van der Waals surface area contributed by atoms with Gasteiger partial charge in [-0.05, 0) is 38.8 Å². The molecule has 27 heavy (non-hydrogen) atoms. The summed E-state index contributed by atoms with van der Waals surface area (Å²) >= 11 is 0. The molecule has 2 aromatic rings. The van der Waals surface area contributed by atoms with Crippen LogP contribution in [0.5, 0.6) is 0 Å². The van der Waals surface area contributed by atoms with Gasteiger partial charge in [-0.1, -0.05) is 0 Å². The number of non-ortho nitro benzene ring substituents is 1. The van der Waals surface area contributed by atoms with Gasteiger partial charge in [-0.25, -0.2) is 9.48 Å². The Kier molecular flexibility index (Phi) is 5.11. The van der Waals surface area contributed by atoms with Crippen molar-refractivity contribution >= 4 is 11.6 Å². The van der Waals surface area contributed by atoms with Gasteiger partial charge in [0.2, 0.25) is 0 Å². The molecule has 0 spiro atoms. The summed E-state index contributed by atoms with van der Waals surface area (Å²) in [5, 5.41) is 15.2. The van der Waals surface area contributed by atoms with Crippen LogP contribution in [0.25, 0.3) is 0 Å². The van der Waals surface area contributed by atoms with Crippen LogP contribution in [0.1, 0.15) is 54.8 Å². The van der Waals surface area contributed by atoms with Crippen LogP contribution in [0.15, 0.2) is 29.1 Å². The lowest BCUT2D eigenvalue weighted by Gasteiger charge is -2.32. The third-order valence-corrected chi connectivity index (χ3v) is 4.90. The van der Waals surface area contributed by atoms with Crippen molar-refractivity contribution in [2.24, 2.45) is 7.05 Å². The van der Waals surface area contributed by atoms with E-state index in [9.17, 15) is 19.7 Å². The molecular weight excluding hydrogens is 350 g/mol. The first-order valence-electron chi connectivity index (χ1n) is 8.98. The molecule has 1 amide bonds. The van der Waals surface area contributed by atoms with Crippen LogP contribution in [-0.4, -0.2) is 43.2 Å². The highest BCUT2D eigenvalue weighted by molar-refractivity contribution is 5.94. The Morgan fingerprint density at radius 3 is 2.56 bits per heavy atom. The van der Waals surface area contributed by atoms with E-state index in [1.54, 1.807) is 16.5 Å². The Hall–Kier alpha value is -2.97. The van der Waals surface area contributed by atoms with Gasteiger partial charge in [0.15, 0.2) is 0 Å². The third kappa shape index (κ3) is 3.62. The highest BCUT2D eigenvalue weighted by Crippen LogP contribution is 2.27. The minimum atomic E-state index is -0.489. The molecule has 1 aliphatic rings. The summed E-state index contributed by atoms with van der Waals surface area (Å²) in [7, 11) is 1.63. The van der Waals surface area contributed by atoms with Crippen molar-refractivity contribution in [2.45, 2.75) is 38.6 Å². The van der Waals surface area contributed by atoms with E-state index in [1.165, 1.54) is 28.9 Å². The topological polar surface area (TPSA) is 103 Å². The molecule has 1 aromatic carbocycles. The van der Waals surface area contributed by atoms with Crippen molar-refractivity contribution in [1.82, 2.24) is 19.2 Å². The highest BCUT2D eigenvalue weighted by atomic mass is 16.6. The third-order valence-electron chi connectivity index (χ3n) is 4.90. The maximum absolute atomic E-state index is 12.8. The molecular formula is C18H23N5O4. The fraction of sp³-hybridized carbons (Fsp3) is 0.500. The van der Waals surface area contributed by atoms with E-state index in [4.69, 9.17) is 0 Å². The number of aromatic nitrogens is 3. The molecule has 0 bridgehead atoms. The van der Waals surface area contributed by atoms with E-state index in [1.807, 2.05) is 13.8 Å². The fourth-order valence-electron chi connectivity index (χ4n) is 3.54. The number of nitro benzene ring substituents is 1. The molecule has 3 rings (SSSR count). The van der Waals surface area contributed by atoms with Crippen molar-refractivity contribution in [3.63, 3.8) is 0 Å². The molecule has 2 heterocycles. The normalized spacial score (nSPS) is 17.3. The van der Waals surface area contributed by atoms with Gasteiger partial charge in [-0.2, -0.15) is 5.10 Å². The number of rotatable bonds is 4. The summed E-state index contributed by atoms with van der Waals surface area (Å²) in [5.41, 5.74) is 0.222. The Morgan fingerprint density at radius 2 is 1.96 bits per heavy atom. The van der Waals surface area contributed by atoms with E-state index in [2.05, 4.69) is 5.10 Å². The second-order valence-corrected chi connectivity index (χ2v) is 7.12. The summed E-state index contributed by atoms with van der Waals surface area (Å²) in [4.78, 5) is 37.2. The molecule has 1 atom stereocenters. The molecule has 9 heteroatoms. The molecule has 1 aliphatic heterocycles. The summed E-state index contributed by atoms with van der Waals surface area (Å²) in [6.45, 7) is 4.97. The van der Waals surface area contributed by atoms with E-state index < -0.39 is 4.92 Å². The van der Waals surface area contributed by atoms with Gasteiger partial charge < -0.3 is 4.90 Å². The average Bonchev–Trinajstić information content (AvgIpc) is 2.96. The van der Waals surface area contributed by atoms with Crippen molar-refractivity contribution in [2.75, 3.05) is 13.1 Å². The standard InChI is InChI=1S/C18H23N5O4/c1-12(2)22-16(19-20(3)18(22)25)14-5-4-10-21(11-14)17(24)13-6-8-15(9-7-13)23(26)27/h6-9,12,14H,4-5,10-11H2,1-3H3. The lowest BCUT2D eigenvalue weighted by Crippen LogP contribution is -2.40. The lowest BCUT2D eigenvalue weighted by atomic mass is 9.96. The van der Waals surface area contributed by atoms with E-state index in [0.29, 0.717) is 24.5 Å². The van der Waals surface area contributed by atoms with Crippen molar-refractivity contribution < 1.29 is 9.72 Å². The number of nitrogens with zero attached hydrogens (tertiary/aromatic N) is 5. The first kappa shape index (κ1) is 18.8. The molecule has 0 aliphatic carbocycles.